The van der Waals surface area contributed by atoms with Gasteiger partial charge in [0, 0.05) is 17.8 Å². The van der Waals surface area contributed by atoms with Crippen LogP contribution in [-0.4, -0.2) is 28.5 Å². The molecule has 0 N–H and O–H groups in total. The van der Waals surface area contributed by atoms with Crippen LogP contribution in [0.4, 0.5) is 0 Å². The van der Waals surface area contributed by atoms with Gasteiger partial charge in [-0.15, -0.1) is 6.58 Å². The van der Waals surface area contributed by atoms with Gasteiger partial charge in [-0.3, -0.25) is 9.69 Å². The molecular weight excluding hydrogens is 454 g/mol. The average Bonchev–Trinajstić information content (AvgIpc) is 3.52. The van der Waals surface area contributed by atoms with Crippen LogP contribution in [0.3, 0.4) is 0 Å². The molecule has 10 radical (unpaired) electrons. The third-order valence-electron chi connectivity index (χ3n) is 5.51. The van der Waals surface area contributed by atoms with Gasteiger partial charge in [-0.2, -0.15) is 0 Å². The number of benzene rings is 1. The number of cyclic esters (lactones) is 1. The number of hydrogen-bond donors (Lipinski definition) is 0. The second-order valence-electron chi connectivity index (χ2n) is 9.05. The van der Waals surface area contributed by atoms with Gasteiger partial charge in [-0.1, -0.05) is 57.2 Å². The van der Waals surface area contributed by atoms with Gasteiger partial charge in [-0.25, -0.2) is 4.79 Å². The first-order valence-corrected chi connectivity index (χ1v) is 10.9. The Morgan fingerprint density at radius 1 is 1.03 bits per heavy atom. The van der Waals surface area contributed by atoms with Crippen molar-refractivity contribution in [1.82, 2.24) is 4.90 Å². The number of amides is 1. The maximum atomic E-state index is 13.5. The molecule has 0 unspecified atom stereocenters. The molecule has 5 heteroatoms. The van der Waals surface area contributed by atoms with Crippen LogP contribution in [0.2, 0.25) is 0 Å². The number of carbonyl (C=O) groups is 2. The molecule has 1 aliphatic heterocycles. The van der Waals surface area contributed by atoms with Crippen molar-refractivity contribution in [3.05, 3.63) is 112 Å². The van der Waals surface area contributed by atoms with E-state index in [0.717, 1.165) is 11.5 Å². The topological polar surface area (TPSA) is 46.6 Å². The van der Waals surface area contributed by atoms with Gasteiger partial charge >= 0.3 is 23.0 Å². The molecule has 1 heterocycles. The second-order valence-corrected chi connectivity index (χ2v) is 9.05. The van der Waals surface area contributed by atoms with E-state index in [4.69, 9.17) is 4.74 Å². The standard InChI is InChI=1S/C23H26NO3.C5H5.Fe/c1-5-15-23(16-17-11-7-6-8-12-17)21(26)27-19(18-13-9-10-14-18)24(23)20(25)22(2,3)4;1-2-4-5-3-1;/h5-14,19H,1,15-16H2,2-4H3;1-5H;/q;;+2/t19-,23-;;/m1../s1. The van der Waals surface area contributed by atoms with Gasteiger partial charge in [0.05, 0.1) is 0 Å². The maximum absolute atomic E-state index is 13.5. The molecule has 0 bridgehead atoms. The Morgan fingerprint density at radius 2 is 1.58 bits per heavy atom. The molecule has 3 aliphatic rings. The van der Waals surface area contributed by atoms with E-state index in [9.17, 15) is 9.59 Å². The van der Waals surface area contributed by atoms with Crippen LogP contribution < -0.4 is 0 Å². The molecule has 4 nitrogen and oxygen atoms in total. The summed E-state index contributed by atoms with van der Waals surface area (Å²) in [5.41, 5.74) is -0.775. The molecular formula is C28H31FeNO3+2. The van der Waals surface area contributed by atoms with Crippen LogP contribution in [0.1, 0.15) is 32.8 Å². The van der Waals surface area contributed by atoms with E-state index in [0.29, 0.717) is 12.8 Å². The van der Waals surface area contributed by atoms with Gasteiger partial charge in [-0.05, 0) is 69.8 Å². The zero-order valence-corrected chi connectivity index (χ0v) is 20.5. The molecule has 2 atom stereocenters. The third kappa shape index (κ3) is 6.51. The third-order valence-corrected chi connectivity index (χ3v) is 5.51. The number of esters is 1. The fourth-order valence-electron chi connectivity index (χ4n) is 3.92. The van der Waals surface area contributed by atoms with Crippen molar-refractivity contribution in [1.29, 1.82) is 0 Å². The predicted octanol–water partition coefficient (Wildman–Crippen LogP) is 4.73. The van der Waals surface area contributed by atoms with Gasteiger partial charge < -0.3 is 4.74 Å². The summed E-state index contributed by atoms with van der Waals surface area (Å²) in [5, 5.41) is 0. The maximum Gasteiger partial charge on any atom is 2.00 e. The first kappa shape index (κ1) is 27.7. The summed E-state index contributed by atoms with van der Waals surface area (Å²) < 4.78 is 5.79. The van der Waals surface area contributed by atoms with Crippen molar-refractivity contribution < 1.29 is 31.4 Å². The first-order chi connectivity index (χ1) is 15.3. The molecule has 1 aromatic rings. The molecule has 0 spiro atoms. The summed E-state index contributed by atoms with van der Waals surface area (Å²) >= 11 is 0. The number of carbonyl (C=O) groups excluding carboxylic acids is 2. The summed E-state index contributed by atoms with van der Waals surface area (Å²) in [7, 11) is 0. The smallest absolute Gasteiger partial charge is 0.439 e. The van der Waals surface area contributed by atoms with Crippen LogP contribution >= 0.6 is 0 Å². The molecule has 1 aromatic carbocycles. The minimum absolute atomic E-state index is 0. The van der Waals surface area contributed by atoms with Crippen LogP contribution in [0.5, 0.6) is 0 Å². The summed E-state index contributed by atoms with van der Waals surface area (Å²) in [6.45, 7) is 9.43. The van der Waals surface area contributed by atoms with Crippen molar-refractivity contribution >= 4 is 11.9 Å². The average molecular weight is 485 g/mol. The van der Waals surface area contributed by atoms with Crippen LogP contribution in [-0.2, 0) is 37.8 Å². The van der Waals surface area contributed by atoms with Crippen molar-refractivity contribution in [2.24, 2.45) is 5.41 Å². The van der Waals surface area contributed by atoms with E-state index in [1.54, 1.807) is 11.0 Å². The Bertz CT molecular complexity index is 770. The number of rotatable bonds is 5. The molecule has 2 aliphatic carbocycles. The zero-order chi connectivity index (χ0) is 23.2. The van der Waals surface area contributed by atoms with Crippen molar-refractivity contribution in [3.63, 3.8) is 0 Å². The Morgan fingerprint density at radius 3 is 2.06 bits per heavy atom. The summed E-state index contributed by atoms with van der Waals surface area (Å²) in [5.74, 6) is 0.312. The zero-order valence-electron chi connectivity index (χ0n) is 19.4. The monoisotopic (exact) mass is 485 g/mol. The van der Waals surface area contributed by atoms with Gasteiger partial charge in [0.1, 0.15) is 0 Å². The van der Waals surface area contributed by atoms with Gasteiger partial charge in [0.25, 0.3) is 0 Å². The van der Waals surface area contributed by atoms with E-state index in [-0.39, 0.29) is 28.9 Å². The predicted molar refractivity (Wildman–Crippen MR) is 126 cm³/mol. The van der Waals surface area contributed by atoms with E-state index in [1.165, 1.54) is 0 Å². The van der Waals surface area contributed by atoms with E-state index >= 15 is 0 Å². The molecule has 1 saturated heterocycles. The largest absolute Gasteiger partial charge is 2.00 e. The molecule has 33 heavy (non-hydrogen) atoms. The molecule has 2 saturated carbocycles. The van der Waals surface area contributed by atoms with Gasteiger partial charge in [0.15, 0.2) is 11.8 Å². The summed E-state index contributed by atoms with van der Waals surface area (Å²) in [6.07, 6.45) is 19.2. The van der Waals surface area contributed by atoms with Gasteiger partial charge in [0.2, 0.25) is 5.91 Å². The normalized spacial score (nSPS) is 25.1. The molecule has 0 aromatic heterocycles. The van der Waals surface area contributed by atoms with Crippen molar-refractivity contribution in [2.75, 3.05) is 0 Å². The molecule has 4 rings (SSSR count). The fourth-order valence-corrected chi connectivity index (χ4v) is 3.92. The number of ether oxygens (including phenoxy) is 1. The van der Waals surface area contributed by atoms with E-state index in [2.05, 4.69) is 6.58 Å². The second kappa shape index (κ2) is 12.2. The number of hydrogen-bond acceptors (Lipinski definition) is 3. The van der Waals surface area contributed by atoms with Crippen LogP contribution in [0.25, 0.3) is 0 Å². The van der Waals surface area contributed by atoms with E-state index in [1.807, 2.05) is 109 Å². The molecule has 1 amide bonds. The van der Waals surface area contributed by atoms with Crippen LogP contribution in [0.15, 0.2) is 43.0 Å². The van der Waals surface area contributed by atoms with Crippen molar-refractivity contribution in [2.45, 2.75) is 45.4 Å². The Labute approximate surface area is 211 Å². The minimum atomic E-state index is -1.10. The van der Waals surface area contributed by atoms with E-state index < -0.39 is 17.2 Å². The Balaban J connectivity index is 0.000000568. The Hall–Kier alpha value is -1.58. The summed E-state index contributed by atoms with van der Waals surface area (Å²) in [6, 6.07) is 9.73. The summed E-state index contributed by atoms with van der Waals surface area (Å²) in [4.78, 5) is 28.3. The number of nitrogens with zero attached hydrogens (tertiary/aromatic N) is 1. The minimum Gasteiger partial charge on any atom is -0.439 e. The fraction of sp³-hybridized carbons (Fsp3) is 0.286. The molecule has 172 valence electrons. The van der Waals surface area contributed by atoms with Crippen LogP contribution in [0, 0.1) is 69.1 Å². The first-order valence-electron chi connectivity index (χ1n) is 10.9. The Kier molecular flexibility index (Phi) is 10.2. The van der Waals surface area contributed by atoms with Crippen molar-refractivity contribution in [3.8, 4) is 0 Å². The SMILES string of the molecule is C=CC[C@@]1(Cc2ccccc2)C(=O)O[C@H]([C]2[CH][CH][CH][CH]2)N1C(=O)C(C)(C)C.[CH]1[CH][CH][CH][CH]1.[Fe+2]. The molecule has 3 fully saturated rings. The quantitative estimate of drug-likeness (QED) is 0.344.